The molecule has 2 rings (SSSR count). The van der Waals surface area contributed by atoms with Crippen LogP contribution in [0.1, 0.15) is 58.3 Å². The van der Waals surface area contributed by atoms with Crippen molar-refractivity contribution in [2.75, 3.05) is 11.9 Å². The summed E-state index contributed by atoms with van der Waals surface area (Å²) >= 11 is 6.65. The molecule has 2 aromatic rings. The van der Waals surface area contributed by atoms with Crippen molar-refractivity contribution in [1.29, 1.82) is 0 Å². The molecule has 0 saturated carbocycles. The van der Waals surface area contributed by atoms with Gasteiger partial charge in [-0.15, -0.1) is 11.3 Å². The number of ether oxygens (including phenoxy) is 1. The molecule has 156 valence electrons. The van der Waals surface area contributed by atoms with Crippen LogP contribution in [-0.2, 0) is 6.42 Å². The summed E-state index contributed by atoms with van der Waals surface area (Å²) in [6.07, 6.45) is 1.62. The molecule has 0 saturated heterocycles. The van der Waals surface area contributed by atoms with Crippen LogP contribution in [0, 0.1) is 12.8 Å². The lowest BCUT2D eigenvalue weighted by atomic mass is 10.1. The van der Waals surface area contributed by atoms with E-state index in [1.165, 1.54) is 11.3 Å². The number of hydrogen-bond acceptors (Lipinski definition) is 5. The van der Waals surface area contributed by atoms with E-state index in [1.54, 1.807) is 18.2 Å². The Morgan fingerprint density at radius 3 is 2.66 bits per heavy atom. The molecule has 0 fully saturated rings. The molecule has 0 spiro atoms. The molecule has 6 nitrogen and oxygen atoms in total. The normalized spacial score (nSPS) is 10.7. The van der Waals surface area contributed by atoms with Crippen molar-refractivity contribution in [3.05, 3.63) is 45.8 Å². The second-order valence-electron chi connectivity index (χ2n) is 7.03. The fourth-order valence-electron chi connectivity index (χ4n) is 2.80. The third kappa shape index (κ3) is 6.27. The highest BCUT2D eigenvalue weighted by Gasteiger charge is 2.20. The second-order valence-corrected chi connectivity index (χ2v) is 8.66. The molecule has 0 aliphatic rings. The molecule has 0 unspecified atom stereocenters. The van der Waals surface area contributed by atoms with Crippen molar-refractivity contribution >= 4 is 45.5 Å². The van der Waals surface area contributed by atoms with E-state index in [2.05, 4.69) is 24.5 Å². The number of amides is 2. The first-order chi connectivity index (χ1) is 13.7. The zero-order valence-electron chi connectivity index (χ0n) is 17.1. The van der Waals surface area contributed by atoms with Crippen LogP contribution in [0.3, 0.4) is 0 Å². The Labute approximate surface area is 180 Å². The van der Waals surface area contributed by atoms with Gasteiger partial charge in [-0.05, 0) is 61.7 Å². The Kier molecular flexibility index (Phi) is 8.16. The van der Waals surface area contributed by atoms with Crippen molar-refractivity contribution in [1.82, 2.24) is 5.32 Å². The number of hydrogen-bond donors (Lipinski definition) is 3. The Morgan fingerprint density at radius 1 is 1.31 bits per heavy atom. The van der Waals surface area contributed by atoms with Gasteiger partial charge in [0.05, 0.1) is 12.2 Å². The van der Waals surface area contributed by atoms with Gasteiger partial charge in [0.15, 0.2) is 5.11 Å². The van der Waals surface area contributed by atoms with Crippen LogP contribution in [0.15, 0.2) is 24.3 Å². The average Bonchev–Trinajstić information content (AvgIpc) is 2.96. The molecular weight excluding hydrogens is 406 g/mol. The number of thiophene rings is 1. The summed E-state index contributed by atoms with van der Waals surface area (Å²) in [4.78, 5) is 25.4. The first-order valence-electron chi connectivity index (χ1n) is 9.50. The number of nitrogens with two attached hydrogens (primary N) is 1. The van der Waals surface area contributed by atoms with Crippen molar-refractivity contribution in [2.45, 2.75) is 40.5 Å². The van der Waals surface area contributed by atoms with E-state index in [1.807, 2.05) is 19.9 Å². The summed E-state index contributed by atoms with van der Waals surface area (Å²) in [5, 5.41) is 6.22. The molecule has 0 bridgehead atoms. The average molecular weight is 434 g/mol. The number of nitrogens with one attached hydrogen (secondary N) is 2. The van der Waals surface area contributed by atoms with Crippen molar-refractivity contribution in [3.8, 4) is 5.75 Å². The summed E-state index contributed by atoms with van der Waals surface area (Å²) in [7, 11) is 0. The van der Waals surface area contributed by atoms with Crippen LogP contribution in [0.5, 0.6) is 5.75 Å². The maximum Gasteiger partial charge on any atom is 0.257 e. The minimum absolute atomic E-state index is 0.104. The summed E-state index contributed by atoms with van der Waals surface area (Å²) in [6.45, 7) is 8.73. The lowest BCUT2D eigenvalue weighted by Gasteiger charge is -2.11. The van der Waals surface area contributed by atoms with Crippen LogP contribution >= 0.6 is 23.6 Å². The first kappa shape index (κ1) is 22.8. The van der Waals surface area contributed by atoms with Gasteiger partial charge in [0.2, 0.25) is 0 Å². The fourth-order valence-corrected chi connectivity index (χ4v) is 4.22. The second kappa shape index (κ2) is 10.4. The predicted molar refractivity (Wildman–Crippen MR) is 122 cm³/mol. The molecule has 1 aromatic carbocycles. The molecule has 29 heavy (non-hydrogen) atoms. The topological polar surface area (TPSA) is 93.4 Å². The molecule has 4 N–H and O–H groups in total. The molecule has 0 radical (unpaired) electrons. The number of carbonyl (C=O) groups is 2. The summed E-state index contributed by atoms with van der Waals surface area (Å²) in [6, 6.07) is 6.94. The minimum Gasteiger partial charge on any atom is -0.494 e. The number of primary amides is 1. The maximum absolute atomic E-state index is 12.5. The van der Waals surface area contributed by atoms with Crippen LogP contribution < -0.4 is 21.1 Å². The fraction of sp³-hybridized carbons (Fsp3) is 0.381. The zero-order valence-corrected chi connectivity index (χ0v) is 18.8. The highest BCUT2D eigenvalue weighted by molar-refractivity contribution is 7.80. The Bertz CT molecular complexity index is 907. The monoisotopic (exact) mass is 433 g/mol. The standard InChI is InChI=1S/C21H27N3O3S2/c1-5-16-13(4)29-20(17(16)18(22)25)24-21(28)23-19(26)14-7-6-8-15(11-14)27-10-9-12(2)3/h6-8,11-12H,5,9-10H2,1-4H3,(H2,22,25)(H2,23,24,26,28). The Morgan fingerprint density at radius 2 is 2.03 bits per heavy atom. The summed E-state index contributed by atoms with van der Waals surface area (Å²) < 4.78 is 5.70. The van der Waals surface area contributed by atoms with Crippen LogP contribution in [0.25, 0.3) is 0 Å². The Balaban J connectivity index is 2.05. The minimum atomic E-state index is -0.519. The largest absolute Gasteiger partial charge is 0.494 e. The van der Waals surface area contributed by atoms with Crippen molar-refractivity contribution in [2.24, 2.45) is 11.7 Å². The lowest BCUT2D eigenvalue weighted by Crippen LogP contribution is -2.34. The van der Waals surface area contributed by atoms with Gasteiger partial charge in [-0.2, -0.15) is 0 Å². The number of anilines is 1. The third-order valence-electron chi connectivity index (χ3n) is 4.32. The summed E-state index contributed by atoms with van der Waals surface area (Å²) in [5.74, 6) is 0.300. The molecule has 0 aliphatic carbocycles. The van der Waals surface area contributed by atoms with Crippen molar-refractivity contribution in [3.63, 3.8) is 0 Å². The highest BCUT2D eigenvalue weighted by Crippen LogP contribution is 2.33. The lowest BCUT2D eigenvalue weighted by molar-refractivity contribution is 0.0975. The van der Waals surface area contributed by atoms with Gasteiger partial charge < -0.3 is 15.8 Å². The molecule has 1 aromatic heterocycles. The zero-order chi connectivity index (χ0) is 21.6. The molecule has 2 amide bonds. The number of carbonyl (C=O) groups excluding carboxylic acids is 2. The van der Waals surface area contributed by atoms with Gasteiger partial charge in [0.25, 0.3) is 11.8 Å². The van der Waals surface area contributed by atoms with Gasteiger partial charge in [-0.1, -0.05) is 26.8 Å². The molecule has 8 heteroatoms. The highest BCUT2D eigenvalue weighted by atomic mass is 32.1. The first-order valence-corrected chi connectivity index (χ1v) is 10.7. The van der Waals surface area contributed by atoms with Crippen LogP contribution in [0.2, 0.25) is 0 Å². The molecule has 0 atom stereocenters. The van der Waals surface area contributed by atoms with Crippen LogP contribution in [-0.4, -0.2) is 23.5 Å². The molecule has 1 heterocycles. The van der Waals surface area contributed by atoms with E-state index in [-0.39, 0.29) is 11.0 Å². The van der Waals surface area contributed by atoms with Gasteiger partial charge in [-0.3, -0.25) is 14.9 Å². The van der Waals surface area contributed by atoms with E-state index in [9.17, 15) is 9.59 Å². The Hall–Kier alpha value is -2.45. The maximum atomic E-state index is 12.5. The number of rotatable bonds is 8. The van der Waals surface area contributed by atoms with Gasteiger partial charge >= 0.3 is 0 Å². The quantitative estimate of drug-likeness (QED) is 0.541. The third-order valence-corrected chi connectivity index (χ3v) is 5.59. The van der Waals surface area contributed by atoms with E-state index in [4.69, 9.17) is 22.7 Å². The van der Waals surface area contributed by atoms with Crippen LogP contribution in [0.4, 0.5) is 5.00 Å². The molecular formula is C21H27N3O3S2. The van der Waals surface area contributed by atoms with E-state index in [0.29, 0.717) is 40.8 Å². The number of benzene rings is 1. The van der Waals surface area contributed by atoms with Gasteiger partial charge in [-0.25, -0.2) is 0 Å². The number of thiocarbonyl (C=S) groups is 1. The summed E-state index contributed by atoms with van der Waals surface area (Å²) in [5.41, 5.74) is 7.28. The van der Waals surface area contributed by atoms with Crippen molar-refractivity contribution < 1.29 is 14.3 Å². The van der Waals surface area contributed by atoms with Gasteiger partial charge in [0, 0.05) is 10.4 Å². The van der Waals surface area contributed by atoms with E-state index < -0.39 is 5.91 Å². The number of aryl methyl sites for hydroxylation is 1. The van der Waals surface area contributed by atoms with E-state index >= 15 is 0 Å². The molecule has 0 aliphatic heterocycles. The predicted octanol–water partition coefficient (Wildman–Crippen LogP) is 4.27. The van der Waals surface area contributed by atoms with Gasteiger partial charge in [0.1, 0.15) is 10.8 Å². The SMILES string of the molecule is CCc1c(C)sc(NC(=S)NC(=O)c2cccc(OCCC(C)C)c2)c1C(N)=O. The smallest absolute Gasteiger partial charge is 0.257 e. The van der Waals surface area contributed by atoms with E-state index in [0.717, 1.165) is 16.9 Å².